The number of rotatable bonds is 1. The van der Waals surface area contributed by atoms with E-state index in [0.29, 0.717) is 0 Å². The van der Waals surface area contributed by atoms with Gasteiger partial charge < -0.3 is 13.9 Å². The minimum atomic E-state index is 0.881. The van der Waals surface area contributed by atoms with Gasteiger partial charge in [-0.2, -0.15) is 0 Å². The second-order valence-electron chi connectivity index (χ2n) is 4.45. The number of nitrogens with zero attached hydrogens (tertiary/aromatic N) is 4. The van der Waals surface area contributed by atoms with Crippen LogP contribution in [0, 0.1) is 0 Å². The Balaban J connectivity index is 2.03. The second kappa shape index (κ2) is 3.35. The number of aromatic nitrogens is 4. The normalized spacial score (nSPS) is 13.4. The van der Waals surface area contributed by atoms with Crippen LogP contribution in [0.15, 0.2) is 30.6 Å². The number of methoxy groups -OCH3 is 1. The van der Waals surface area contributed by atoms with Crippen molar-refractivity contribution in [3.8, 4) is 17.3 Å². The molecule has 1 aliphatic heterocycles. The topological polar surface area (TPSA) is 44.9 Å². The Morgan fingerprint density at radius 3 is 3.06 bits per heavy atom. The Hall–Kier alpha value is -2.30. The van der Waals surface area contributed by atoms with Gasteiger partial charge in [0.15, 0.2) is 5.82 Å². The van der Waals surface area contributed by atoms with Gasteiger partial charge in [0.05, 0.1) is 12.8 Å². The van der Waals surface area contributed by atoms with E-state index < -0.39 is 0 Å². The van der Waals surface area contributed by atoms with Gasteiger partial charge in [0, 0.05) is 24.0 Å². The lowest BCUT2D eigenvalue weighted by molar-refractivity contribution is 0.415. The molecule has 0 spiro atoms. The Labute approximate surface area is 104 Å². The van der Waals surface area contributed by atoms with E-state index in [9.17, 15) is 0 Å². The van der Waals surface area contributed by atoms with Crippen LogP contribution in [-0.2, 0) is 13.1 Å². The summed E-state index contributed by atoms with van der Waals surface area (Å²) in [5.74, 6) is 1.82. The zero-order valence-corrected chi connectivity index (χ0v) is 10.00. The summed E-state index contributed by atoms with van der Waals surface area (Å²) in [7, 11) is 1.69. The van der Waals surface area contributed by atoms with Crippen LogP contribution in [0.5, 0.6) is 5.75 Å². The maximum absolute atomic E-state index is 5.27. The van der Waals surface area contributed by atoms with E-state index in [1.165, 1.54) is 10.9 Å². The highest BCUT2D eigenvalue weighted by Gasteiger charge is 2.20. The van der Waals surface area contributed by atoms with Crippen molar-refractivity contribution in [3.05, 3.63) is 30.6 Å². The molecule has 0 saturated carbocycles. The molecule has 2 aromatic heterocycles. The molecule has 0 amide bonds. The average Bonchev–Trinajstić information content (AvgIpc) is 3.00. The molecule has 3 aromatic rings. The first-order chi connectivity index (χ1) is 8.86. The molecule has 0 N–H and O–H groups in total. The first-order valence-electron chi connectivity index (χ1n) is 5.92. The Bertz CT molecular complexity index is 741. The molecular weight excluding hydrogens is 228 g/mol. The van der Waals surface area contributed by atoms with Gasteiger partial charge in [0.2, 0.25) is 0 Å². The zero-order chi connectivity index (χ0) is 12.1. The fourth-order valence-corrected chi connectivity index (χ4v) is 2.63. The molecule has 1 aromatic carbocycles. The number of fused-ring (bicyclic) bond motifs is 5. The molecule has 0 bridgehead atoms. The third kappa shape index (κ3) is 1.16. The maximum Gasteiger partial charge on any atom is 0.180 e. The molecule has 0 saturated heterocycles. The summed E-state index contributed by atoms with van der Waals surface area (Å²) in [4.78, 5) is 0. The molecule has 90 valence electrons. The van der Waals surface area contributed by atoms with E-state index in [1.54, 1.807) is 13.4 Å². The molecule has 0 atom stereocenters. The van der Waals surface area contributed by atoms with E-state index in [-0.39, 0.29) is 0 Å². The SMILES string of the molecule is COc1ccc2c(c1)cc1n2CCn2cnnc2-1. The molecule has 0 fully saturated rings. The molecule has 3 heterocycles. The highest BCUT2D eigenvalue weighted by molar-refractivity contribution is 5.87. The largest absolute Gasteiger partial charge is 0.497 e. The van der Waals surface area contributed by atoms with Crippen LogP contribution in [0.3, 0.4) is 0 Å². The lowest BCUT2D eigenvalue weighted by atomic mass is 10.2. The van der Waals surface area contributed by atoms with Gasteiger partial charge in [0.1, 0.15) is 12.1 Å². The molecule has 5 heteroatoms. The van der Waals surface area contributed by atoms with Crippen molar-refractivity contribution in [3.63, 3.8) is 0 Å². The van der Waals surface area contributed by atoms with Crippen molar-refractivity contribution in [2.24, 2.45) is 0 Å². The zero-order valence-electron chi connectivity index (χ0n) is 10.00. The predicted octanol–water partition coefficient (Wildman–Crippen LogP) is 1.92. The Kier molecular flexibility index (Phi) is 1.81. The van der Waals surface area contributed by atoms with Crippen LogP contribution in [0.25, 0.3) is 22.4 Å². The summed E-state index contributed by atoms with van der Waals surface area (Å²) in [6.07, 6.45) is 1.79. The molecule has 0 unspecified atom stereocenters. The number of aryl methyl sites for hydroxylation is 2. The highest BCUT2D eigenvalue weighted by Crippen LogP contribution is 2.31. The number of hydrogen-bond donors (Lipinski definition) is 0. The van der Waals surface area contributed by atoms with E-state index in [4.69, 9.17) is 4.74 Å². The highest BCUT2D eigenvalue weighted by atomic mass is 16.5. The fourth-order valence-electron chi connectivity index (χ4n) is 2.63. The number of ether oxygens (including phenoxy) is 1. The summed E-state index contributed by atoms with van der Waals surface area (Å²) < 4.78 is 9.65. The summed E-state index contributed by atoms with van der Waals surface area (Å²) in [5.41, 5.74) is 2.35. The summed E-state index contributed by atoms with van der Waals surface area (Å²) in [5, 5.41) is 9.36. The van der Waals surface area contributed by atoms with Crippen LogP contribution in [0.2, 0.25) is 0 Å². The van der Waals surface area contributed by atoms with Crippen molar-refractivity contribution in [1.82, 2.24) is 19.3 Å². The van der Waals surface area contributed by atoms with Crippen molar-refractivity contribution in [2.75, 3.05) is 7.11 Å². The predicted molar refractivity (Wildman–Crippen MR) is 67.5 cm³/mol. The molecule has 0 radical (unpaired) electrons. The minimum Gasteiger partial charge on any atom is -0.497 e. The van der Waals surface area contributed by atoms with Gasteiger partial charge in [-0.15, -0.1) is 10.2 Å². The quantitative estimate of drug-likeness (QED) is 0.652. The Morgan fingerprint density at radius 2 is 2.17 bits per heavy atom. The Morgan fingerprint density at radius 1 is 1.22 bits per heavy atom. The van der Waals surface area contributed by atoms with Gasteiger partial charge in [-0.3, -0.25) is 0 Å². The van der Waals surface area contributed by atoms with Crippen LogP contribution in [0.4, 0.5) is 0 Å². The van der Waals surface area contributed by atoms with Crippen LogP contribution in [-0.4, -0.2) is 26.4 Å². The summed E-state index contributed by atoms with van der Waals surface area (Å²) in [6, 6.07) is 8.30. The molecule has 4 rings (SSSR count). The van der Waals surface area contributed by atoms with Gasteiger partial charge in [0.25, 0.3) is 0 Å². The second-order valence-corrected chi connectivity index (χ2v) is 4.45. The van der Waals surface area contributed by atoms with E-state index in [1.807, 2.05) is 6.07 Å². The lowest BCUT2D eigenvalue weighted by Gasteiger charge is -2.17. The molecule has 1 aliphatic rings. The fraction of sp³-hybridized carbons (Fsp3) is 0.231. The van der Waals surface area contributed by atoms with Crippen LogP contribution >= 0.6 is 0 Å². The standard InChI is InChI=1S/C13H12N4O/c1-18-10-2-3-11-9(6-10)7-12-13-15-14-8-16(13)4-5-17(11)12/h2-3,6-8H,4-5H2,1H3. The molecule has 5 nitrogen and oxygen atoms in total. The van der Waals surface area contributed by atoms with Gasteiger partial charge in [-0.25, -0.2) is 0 Å². The summed E-state index contributed by atoms with van der Waals surface area (Å²) in [6.45, 7) is 1.88. The average molecular weight is 240 g/mol. The van der Waals surface area contributed by atoms with Crippen molar-refractivity contribution >= 4 is 10.9 Å². The van der Waals surface area contributed by atoms with Crippen LogP contribution < -0.4 is 4.74 Å². The number of benzene rings is 1. The van der Waals surface area contributed by atoms with Gasteiger partial charge >= 0.3 is 0 Å². The van der Waals surface area contributed by atoms with E-state index in [0.717, 1.165) is 30.4 Å². The number of hydrogen-bond acceptors (Lipinski definition) is 3. The molecule has 0 aliphatic carbocycles. The first-order valence-corrected chi connectivity index (χ1v) is 5.92. The molecular formula is C13H12N4O. The smallest absolute Gasteiger partial charge is 0.180 e. The van der Waals surface area contributed by atoms with Crippen molar-refractivity contribution < 1.29 is 4.74 Å². The van der Waals surface area contributed by atoms with E-state index >= 15 is 0 Å². The van der Waals surface area contributed by atoms with Crippen molar-refractivity contribution in [2.45, 2.75) is 13.1 Å². The van der Waals surface area contributed by atoms with Gasteiger partial charge in [-0.05, 0) is 24.3 Å². The monoisotopic (exact) mass is 240 g/mol. The first kappa shape index (κ1) is 9.70. The van der Waals surface area contributed by atoms with E-state index in [2.05, 4.69) is 37.5 Å². The van der Waals surface area contributed by atoms with Gasteiger partial charge in [-0.1, -0.05) is 0 Å². The lowest BCUT2D eigenvalue weighted by Crippen LogP contribution is -2.15. The summed E-state index contributed by atoms with van der Waals surface area (Å²) >= 11 is 0. The molecule has 18 heavy (non-hydrogen) atoms. The van der Waals surface area contributed by atoms with Crippen molar-refractivity contribution in [1.29, 1.82) is 0 Å². The third-order valence-electron chi connectivity index (χ3n) is 3.52. The van der Waals surface area contributed by atoms with Crippen LogP contribution in [0.1, 0.15) is 0 Å². The minimum absolute atomic E-state index is 0.881. The third-order valence-corrected chi connectivity index (χ3v) is 3.52. The maximum atomic E-state index is 5.27.